The van der Waals surface area contributed by atoms with E-state index < -0.39 is 4.92 Å². The molecule has 0 radical (unpaired) electrons. The molecule has 0 atom stereocenters. The molecule has 1 aromatic rings. The minimum atomic E-state index is -0.459. The molecule has 0 spiro atoms. The normalized spacial score (nSPS) is 16.1. The first-order valence-electron chi connectivity index (χ1n) is 6.44. The molecule has 2 heterocycles. The third-order valence-corrected chi connectivity index (χ3v) is 3.39. The van der Waals surface area contributed by atoms with Crippen molar-refractivity contribution in [3.63, 3.8) is 0 Å². The van der Waals surface area contributed by atoms with E-state index in [4.69, 9.17) is 5.21 Å². The van der Waals surface area contributed by atoms with E-state index in [0.717, 1.165) is 6.34 Å². The molecule has 9 heteroatoms. The molecular formula is C12H15N5O4. The van der Waals surface area contributed by atoms with E-state index in [1.807, 2.05) is 4.90 Å². The van der Waals surface area contributed by atoms with Crippen LogP contribution < -0.4 is 10.2 Å². The van der Waals surface area contributed by atoms with Crippen molar-refractivity contribution in [2.24, 2.45) is 11.1 Å². The van der Waals surface area contributed by atoms with Crippen LogP contribution in [0.1, 0.15) is 12.8 Å². The van der Waals surface area contributed by atoms with Crippen molar-refractivity contribution in [2.75, 3.05) is 18.0 Å². The van der Waals surface area contributed by atoms with Crippen LogP contribution in [0.3, 0.4) is 0 Å². The van der Waals surface area contributed by atoms with Gasteiger partial charge in [0.15, 0.2) is 0 Å². The summed E-state index contributed by atoms with van der Waals surface area (Å²) >= 11 is 0. The molecule has 0 bridgehead atoms. The number of nitrogens with one attached hydrogen (secondary N) is 1. The summed E-state index contributed by atoms with van der Waals surface area (Å²) in [6, 6.07) is 2.94. The van der Waals surface area contributed by atoms with E-state index in [0.29, 0.717) is 31.7 Å². The molecule has 1 fully saturated rings. The number of hydrogen-bond acceptors (Lipinski definition) is 7. The highest BCUT2D eigenvalue weighted by atomic mass is 16.6. The number of carbonyl (C=O) groups is 1. The summed E-state index contributed by atoms with van der Waals surface area (Å²) in [5.74, 6) is -0.0942. The van der Waals surface area contributed by atoms with Crippen LogP contribution in [-0.2, 0) is 4.79 Å². The second-order valence-electron chi connectivity index (χ2n) is 4.62. The molecule has 9 nitrogen and oxygen atoms in total. The number of hydrogen-bond donors (Lipinski definition) is 2. The number of nitrogens with zero attached hydrogens (tertiary/aromatic N) is 4. The molecule has 0 aromatic carbocycles. The lowest BCUT2D eigenvalue weighted by Gasteiger charge is -2.31. The van der Waals surface area contributed by atoms with E-state index in [9.17, 15) is 14.9 Å². The summed E-state index contributed by atoms with van der Waals surface area (Å²) < 4.78 is 0. The predicted octanol–water partition coefficient (Wildman–Crippen LogP) is 0.740. The molecular weight excluding hydrogens is 278 g/mol. The van der Waals surface area contributed by atoms with Crippen molar-refractivity contribution in [1.29, 1.82) is 0 Å². The maximum Gasteiger partial charge on any atom is 0.311 e. The molecule has 1 aromatic heterocycles. The molecule has 1 aliphatic heterocycles. The highest BCUT2D eigenvalue weighted by molar-refractivity contribution is 5.89. The summed E-state index contributed by atoms with van der Waals surface area (Å²) in [4.78, 5) is 28.1. The lowest BCUT2D eigenvalue weighted by Crippen LogP contribution is -2.40. The molecule has 21 heavy (non-hydrogen) atoms. The third-order valence-electron chi connectivity index (χ3n) is 3.39. The number of pyridine rings is 1. The van der Waals surface area contributed by atoms with Gasteiger partial charge in [-0.3, -0.25) is 14.9 Å². The van der Waals surface area contributed by atoms with Gasteiger partial charge in [0, 0.05) is 31.3 Å². The first-order chi connectivity index (χ1) is 10.1. The van der Waals surface area contributed by atoms with Crippen LogP contribution >= 0.6 is 0 Å². The van der Waals surface area contributed by atoms with Gasteiger partial charge in [-0.1, -0.05) is 5.16 Å². The number of oxime groups is 1. The van der Waals surface area contributed by atoms with Crippen molar-refractivity contribution in [3.05, 3.63) is 28.4 Å². The summed E-state index contributed by atoms with van der Waals surface area (Å²) in [7, 11) is 0. The van der Waals surface area contributed by atoms with Crippen LogP contribution in [0.15, 0.2) is 23.5 Å². The minimum Gasteiger partial charge on any atom is -0.410 e. The molecule has 1 amide bonds. The Bertz CT molecular complexity index is 554. The first-order valence-corrected chi connectivity index (χ1v) is 6.44. The first kappa shape index (κ1) is 14.7. The van der Waals surface area contributed by atoms with Crippen LogP contribution in [0.2, 0.25) is 0 Å². The van der Waals surface area contributed by atoms with Crippen LogP contribution in [0, 0.1) is 16.0 Å². The van der Waals surface area contributed by atoms with Crippen molar-refractivity contribution >= 4 is 23.8 Å². The number of carbonyl (C=O) groups excluding carboxylic acids is 1. The van der Waals surface area contributed by atoms with E-state index in [1.54, 1.807) is 0 Å². The van der Waals surface area contributed by atoms with E-state index >= 15 is 0 Å². The number of nitro groups is 1. The highest BCUT2D eigenvalue weighted by Gasteiger charge is 2.28. The zero-order valence-corrected chi connectivity index (χ0v) is 11.2. The van der Waals surface area contributed by atoms with Gasteiger partial charge in [0.2, 0.25) is 11.7 Å². The van der Waals surface area contributed by atoms with Crippen LogP contribution in [-0.4, -0.2) is 40.4 Å². The zero-order valence-electron chi connectivity index (χ0n) is 11.2. The lowest BCUT2D eigenvalue weighted by atomic mass is 9.96. The fourth-order valence-corrected chi connectivity index (χ4v) is 2.34. The van der Waals surface area contributed by atoms with Gasteiger partial charge in [-0.25, -0.2) is 4.98 Å². The molecule has 2 rings (SSSR count). The SMILES string of the molecule is O=C(N/C=N/O)C1CCN(c2ncccc2[N+](=O)[O-])CC1. The second-order valence-corrected chi connectivity index (χ2v) is 4.62. The Morgan fingerprint density at radius 1 is 1.57 bits per heavy atom. The van der Waals surface area contributed by atoms with E-state index in [-0.39, 0.29) is 17.5 Å². The van der Waals surface area contributed by atoms with Gasteiger partial charge in [-0.2, -0.15) is 0 Å². The Balaban J connectivity index is 2.01. The van der Waals surface area contributed by atoms with Crippen molar-refractivity contribution in [2.45, 2.75) is 12.8 Å². The maximum absolute atomic E-state index is 11.7. The zero-order chi connectivity index (χ0) is 15.2. The second kappa shape index (κ2) is 6.64. The fourth-order valence-electron chi connectivity index (χ4n) is 2.34. The van der Waals surface area contributed by atoms with E-state index in [1.165, 1.54) is 18.3 Å². The average molecular weight is 293 g/mol. The van der Waals surface area contributed by atoms with Crippen LogP contribution in [0.4, 0.5) is 11.5 Å². The van der Waals surface area contributed by atoms with Gasteiger partial charge in [0.05, 0.1) is 4.92 Å². The van der Waals surface area contributed by atoms with Gasteiger partial charge in [-0.05, 0) is 18.9 Å². The van der Waals surface area contributed by atoms with Crippen molar-refractivity contribution < 1.29 is 14.9 Å². The van der Waals surface area contributed by atoms with Crippen LogP contribution in [0.5, 0.6) is 0 Å². The van der Waals surface area contributed by atoms with Crippen LogP contribution in [0.25, 0.3) is 0 Å². The average Bonchev–Trinajstić information content (AvgIpc) is 2.52. The molecule has 0 aliphatic carbocycles. The number of piperidine rings is 1. The molecule has 112 valence electrons. The quantitative estimate of drug-likeness (QED) is 0.278. The third kappa shape index (κ3) is 3.44. The molecule has 0 saturated carbocycles. The number of amides is 1. The van der Waals surface area contributed by atoms with Gasteiger partial charge >= 0.3 is 5.69 Å². The minimum absolute atomic E-state index is 0.0344. The largest absolute Gasteiger partial charge is 0.410 e. The van der Waals surface area contributed by atoms with Gasteiger partial charge < -0.3 is 15.4 Å². The maximum atomic E-state index is 11.7. The van der Waals surface area contributed by atoms with E-state index in [2.05, 4.69) is 15.5 Å². The summed E-state index contributed by atoms with van der Waals surface area (Å²) in [6.45, 7) is 1.01. The van der Waals surface area contributed by atoms with Crippen molar-refractivity contribution in [3.8, 4) is 0 Å². The summed E-state index contributed by atoms with van der Waals surface area (Å²) in [6.07, 6.45) is 3.55. The molecule has 1 saturated heterocycles. The van der Waals surface area contributed by atoms with Crippen molar-refractivity contribution in [1.82, 2.24) is 10.3 Å². The topological polar surface area (TPSA) is 121 Å². The van der Waals surface area contributed by atoms with Gasteiger partial charge in [0.1, 0.15) is 6.34 Å². The lowest BCUT2D eigenvalue weighted by molar-refractivity contribution is -0.384. The summed E-state index contributed by atoms with van der Waals surface area (Å²) in [5, 5.41) is 24.3. The number of anilines is 1. The molecule has 0 unspecified atom stereocenters. The van der Waals surface area contributed by atoms with Gasteiger partial charge in [-0.15, -0.1) is 0 Å². The Labute approximate surface area is 120 Å². The Hall–Kier alpha value is -2.71. The van der Waals surface area contributed by atoms with Gasteiger partial charge in [0.25, 0.3) is 0 Å². The predicted molar refractivity (Wildman–Crippen MR) is 74.2 cm³/mol. The summed E-state index contributed by atoms with van der Waals surface area (Å²) in [5.41, 5.74) is -0.0344. The molecule has 1 aliphatic rings. The number of aromatic nitrogens is 1. The number of rotatable bonds is 4. The molecule has 2 N–H and O–H groups in total. The Morgan fingerprint density at radius 2 is 2.29 bits per heavy atom. The monoisotopic (exact) mass is 293 g/mol. The Morgan fingerprint density at radius 3 is 2.90 bits per heavy atom. The standard InChI is InChI=1S/C12H15N5O4/c18-12(14-8-15-19)9-3-6-16(7-4-9)11-10(17(20)21)2-1-5-13-11/h1-2,5,8-9,19H,3-4,6-7H2,(H,14,15,18). The fraction of sp³-hybridized carbons (Fsp3) is 0.417. The highest BCUT2D eigenvalue weighted by Crippen LogP contribution is 2.28. The Kier molecular flexibility index (Phi) is 4.64. The smallest absolute Gasteiger partial charge is 0.311 e.